The van der Waals surface area contributed by atoms with E-state index >= 15 is 0 Å². The summed E-state index contributed by atoms with van der Waals surface area (Å²) in [5.41, 5.74) is -0.326. The first-order chi connectivity index (χ1) is 8.09. The summed E-state index contributed by atoms with van der Waals surface area (Å²) >= 11 is 0. The van der Waals surface area contributed by atoms with Crippen LogP contribution in [0.2, 0.25) is 0 Å². The summed E-state index contributed by atoms with van der Waals surface area (Å²) in [6.45, 7) is 11.0. The number of rotatable bonds is 7. The monoisotopic (exact) mass is 237 g/mol. The summed E-state index contributed by atoms with van der Waals surface area (Å²) < 4.78 is 0. The first kappa shape index (κ1) is 14.5. The van der Waals surface area contributed by atoms with E-state index in [2.05, 4.69) is 30.1 Å². The second-order valence-corrected chi connectivity index (χ2v) is 5.63. The van der Waals surface area contributed by atoms with Gasteiger partial charge >= 0.3 is 0 Å². The topological polar surface area (TPSA) is 39.1 Å². The highest BCUT2D eigenvalue weighted by Crippen LogP contribution is 2.17. The normalized spacial score (nSPS) is 24.5. The van der Waals surface area contributed by atoms with Crippen LogP contribution in [0.15, 0.2) is 0 Å². The highest BCUT2D eigenvalue weighted by Gasteiger charge is 2.22. The zero-order chi connectivity index (χ0) is 12.7. The van der Waals surface area contributed by atoms with E-state index in [9.17, 15) is 0 Å². The van der Waals surface area contributed by atoms with Gasteiger partial charge in [-0.05, 0) is 58.2 Å². The van der Waals surface area contributed by atoms with Crippen molar-refractivity contribution in [1.29, 1.82) is 5.26 Å². The molecule has 1 saturated heterocycles. The third-order valence-electron chi connectivity index (χ3n) is 3.72. The number of likely N-dealkylation sites (tertiary alicyclic amines) is 1. The minimum absolute atomic E-state index is 0.326. The standard InChI is InChI=1S/C14H27N3/c1-4-16-14(3,12-15)8-5-6-9-17-10-7-13(2)11-17/h13,16H,4-11H2,1-3H3. The Labute approximate surface area is 106 Å². The molecule has 0 radical (unpaired) electrons. The Kier molecular flexibility index (Phi) is 5.94. The fourth-order valence-corrected chi connectivity index (χ4v) is 2.62. The minimum atomic E-state index is -0.326. The molecule has 1 aliphatic rings. The highest BCUT2D eigenvalue weighted by atomic mass is 15.1. The van der Waals surface area contributed by atoms with Crippen LogP contribution in [0, 0.1) is 17.2 Å². The van der Waals surface area contributed by atoms with Gasteiger partial charge < -0.3 is 4.90 Å². The maximum Gasteiger partial charge on any atom is 0.103 e. The second-order valence-electron chi connectivity index (χ2n) is 5.63. The maximum atomic E-state index is 9.14. The largest absolute Gasteiger partial charge is 0.303 e. The Hall–Kier alpha value is -0.590. The predicted octanol–water partition coefficient (Wildman–Crippen LogP) is 2.39. The van der Waals surface area contributed by atoms with Crippen molar-refractivity contribution >= 4 is 0 Å². The van der Waals surface area contributed by atoms with Gasteiger partial charge in [0.2, 0.25) is 0 Å². The molecule has 3 nitrogen and oxygen atoms in total. The van der Waals surface area contributed by atoms with Crippen molar-refractivity contribution in [2.45, 2.75) is 52.0 Å². The molecular formula is C14H27N3. The first-order valence-electron chi connectivity index (χ1n) is 6.98. The van der Waals surface area contributed by atoms with Gasteiger partial charge in [0.05, 0.1) is 6.07 Å². The third-order valence-corrected chi connectivity index (χ3v) is 3.72. The summed E-state index contributed by atoms with van der Waals surface area (Å²) in [5, 5.41) is 12.4. The van der Waals surface area contributed by atoms with Crippen LogP contribution < -0.4 is 5.32 Å². The minimum Gasteiger partial charge on any atom is -0.303 e. The van der Waals surface area contributed by atoms with Crippen LogP contribution >= 0.6 is 0 Å². The number of hydrogen-bond acceptors (Lipinski definition) is 3. The summed E-state index contributed by atoms with van der Waals surface area (Å²) in [6.07, 6.45) is 4.67. The second kappa shape index (κ2) is 6.98. The highest BCUT2D eigenvalue weighted by molar-refractivity contribution is 5.03. The van der Waals surface area contributed by atoms with E-state index in [0.29, 0.717) is 0 Å². The SMILES string of the molecule is CCNC(C)(C#N)CCCCN1CCC(C)C1. The lowest BCUT2D eigenvalue weighted by molar-refractivity contribution is 0.309. The molecule has 0 spiro atoms. The number of nitrogens with zero attached hydrogens (tertiary/aromatic N) is 2. The van der Waals surface area contributed by atoms with E-state index in [1.807, 2.05) is 6.92 Å². The molecule has 1 heterocycles. The van der Waals surface area contributed by atoms with Crippen LogP contribution in [0.25, 0.3) is 0 Å². The molecule has 0 aromatic rings. The number of nitrogens with one attached hydrogen (secondary N) is 1. The molecular weight excluding hydrogens is 210 g/mol. The van der Waals surface area contributed by atoms with Gasteiger partial charge in [-0.15, -0.1) is 0 Å². The number of unbranched alkanes of at least 4 members (excludes halogenated alkanes) is 1. The van der Waals surface area contributed by atoms with E-state index in [0.717, 1.165) is 25.3 Å². The molecule has 2 unspecified atom stereocenters. The van der Waals surface area contributed by atoms with E-state index in [1.165, 1.54) is 32.5 Å². The Morgan fingerprint density at radius 1 is 1.47 bits per heavy atom. The van der Waals surface area contributed by atoms with Gasteiger partial charge in [-0.2, -0.15) is 5.26 Å². The van der Waals surface area contributed by atoms with Crippen molar-refractivity contribution in [3.63, 3.8) is 0 Å². The van der Waals surface area contributed by atoms with Gasteiger partial charge in [0.1, 0.15) is 5.54 Å². The van der Waals surface area contributed by atoms with Crippen LogP contribution in [0.1, 0.15) is 46.5 Å². The van der Waals surface area contributed by atoms with Crippen LogP contribution in [-0.2, 0) is 0 Å². The van der Waals surface area contributed by atoms with Crippen molar-refractivity contribution in [3.05, 3.63) is 0 Å². The summed E-state index contributed by atoms with van der Waals surface area (Å²) in [4.78, 5) is 2.56. The molecule has 0 amide bonds. The smallest absolute Gasteiger partial charge is 0.103 e. The van der Waals surface area contributed by atoms with E-state index in [4.69, 9.17) is 5.26 Å². The molecule has 98 valence electrons. The van der Waals surface area contributed by atoms with Gasteiger partial charge in [-0.3, -0.25) is 5.32 Å². The fraction of sp³-hybridized carbons (Fsp3) is 0.929. The number of hydrogen-bond donors (Lipinski definition) is 1. The molecule has 0 aromatic heterocycles. The average Bonchev–Trinajstić information content (AvgIpc) is 2.71. The van der Waals surface area contributed by atoms with Crippen molar-refractivity contribution in [1.82, 2.24) is 10.2 Å². The summed E-state index contributed by atoms with van der Waals surface area (Å²) in [5.74, 6) is 0.876. The Bertz CT molecular complexity index is 259. The van der Waals surface area contributed by atoms with Gasteiger partial charge in [0.15, 0.2) is 0 Å². The lowest BCUT2D eigenvalue weighted by Gasteiger charge is -2.23. The van der Waals surface area contributed by atoms with Crippen LogP contribution in [0.3, 0.4) is 0 Å². The lowest BCUT2D eigenvalue weighted by atomic mass is 9.96. The van der Waals surface area contributed by atoms with E-state index < -0.39 is 0 Å². The average molecular weight is 237 g/mol. The molecule has 2 atom stereocenters. The van der Waals surface area contributed by atoms with Crippen LogP contribution in [-0.4, -0.2) is 36.6 Å². The molecule has 1 fully saturated rings. The molecule has 0 bridgehead atoms. The molecule has 3 heteroatoms. The van der Waals surface area contributed by atoms with Crippen LogP contribution in [0.4, 0.5) is 0 Å². The van der Waals surface area contributed by atoms with E-state index in [-0.39, 0.29) is 5.54 Å². The van der Waals surface area contributed by atoms with Gasteiger partial charge in [-0.1, -0.05) is 13.8 Å². The molecule has 0 aliphatic carbocycles. The van der Waals surface area contributed by atoms with Crippen molar-refractivity contribution < 1.29 is 0 Å². The quantitative estimate of drug-likeness (QED) is 0.691. The van der Waals surface area contributed by atoms with Crippen LogP contribution in [0.5, 0.6) is 0 Å². The fourth-order valence-electron chi connectivity index (χ4n) is 2.62. The van der Waals surface area contributed by atoms with E-state index in [1.54, 1.807) is 0 Å². The van der Waals surface area contributed by atoms with Crippen molar-refractivity contribution in [2.24, 2.45) is 5.92 Å². The summed E-state index contributed by atoms with van der Waals surface area (Å²) in [7, 11) is 0. The molecule has 17 heavy (non-hydrogen) atoms. The molecule has 0 saturated carbocycles. The Balaban J connectivity index is 2.13. The maximum absolute atomic E-state index is 9.14. The third kappa shape index (κ3) is 5.06. The van der Waals surface area contributed by atoms with Gasteiger partial charge in [0, 0.05) is 6.54 Å². The molecule has 1 N–H and O–H groups in total. The molecule has 1 rings (SSSR count). The number of nitriles is 1. The zero-order valence-corrected chi connectivity index (χ0v) is 11.6. The van der Waals surface area contributed by atoms with Gasteiger partial charge in [0.25, 0.3) is 0 Å². The lowest BCUT2D eigenvalue weighted by Crippen LogP contribution is -2.40. The predicted molar refractivity (Wildman–Crippen MR) is 71.8 cm³/mol. The van der Waals surface area contributed by atoms with Crippen molar-refractivity contribution in [2.75, 3.05) is 26.2 Å². The van der Waals surface area contributed by atoms with Gasteiger partial charge in [-0.25, -0.2) is 0 Å². The first-order valence-corrected chi connectivity index (χ1v) is 6.98. The Morgan fingerprint density at radius 3 is 2.76 bits per heavy atom. The zero-order valence-electron chi connectivity index (χ0n) is 11.6. The molecule has 0 aromatic carbocycles. The van der Waals surface area contributed by atoms with Crippen molar-refractivity contribution in [3.8, 4) is 6.07 Å². The Morgan fingerprint density at radius 2 is 2.24 bits per heavy atom. The molecule has 1 aliphatic heterocycles. The summed E-state index contributed by atoms with van der Waals surface area (Å²) in [6, 6.07) is 2.39.